The zero-order valence-corrected chi connectivity index (χ0v) is 11.8. The van der Waals surface area contributed by atoms with E-state index in [0.29, 0.717) is 19.5 Å². The molecule has 8 heteroatoms. The molecule has 0 aromatic heterocycles. The summed E-state index contributed by atoms with van der Waals surface area (Å²) < 4.78 is 0. The van der Waals surface area contributed by atoms with E-state index in [1.807, 2.05) is 0 Å². The van der Waals surface area contributed by atoms with Crippen LogP contribution in [0.3, 0.4) is 0 Å². The fourth-order valence-electron chi connectivity index (χ4n) is 2.09. The molecule has 0 radical (unpaired) electrons. The maximum atomic E-state index is 11.9. The molecule has 1 aliphatic rings. The highest BCUT2D eigenvalue weighted by atomic mass is 16.3. The van der Waals surface area contributed by atoms with Gasteiger partial charge in [0.1, 0.15) is 6.10 Å². The van der Waals surface area contributed by atoms with Gasteiger partial charge in [0.2, 0.25) is 11.8 Å². The predicted octanol–water partition coefficient (Wildman–Crippen LogP) is -1.66. The van der Waals surface area contributed by atoms with E-state index < -0.39 is 12.0 Å². The van der Waals surface area contributed by atoms with E-state index in [4.69, 9.17) is 5.73 Å². The van der Waals surface area contributed by atoms with Crippen LogP contribution < -0.4 is 11.1 Å². The molecule has 20 heavy (non-hydrogen) atoms. The van der Waals surface area contributed by atoms with Crippen LogP contribution in [0.4, 0.5) is 4.79 Å². The molecule has 0 aromatic rings. The highest BCUT2D eigenvalue weighted by Crippen LogP contribution is 2.17. The monoisotopic (exact) mass is 286 g/mol. The molecule has 1 saturated heterocycles. The van der Waals surface area contributed by atoms with Crippen LogP contribution in [0, 0.1) is 5.92 Å². The Balaban J connectivity index is 2.48. The number of likely N-dealkylation sites (tertiary alicyclic amines) is 1. The molecule has 1 fully saturated rings. The van der Waals surface area contributed by atoms with Gasteiger partial charge >= 0.3 is 6.03 Å². The highest BCUT2D eigenvalue weighted by Gasteiger charge is 2.29. The summed E-state index contributed by atoms with van der Waals surface area (Å²) >= 11 is 0. The summed E-state index contributed by atoms with van der Waals surface area (Å²) in [4.78, 5) is 37.5. The number of urea groups is 1. The van der Waals surface area contributed by atoms with E-state index in [9.17, 15) is 19.5 Å². The van der Waals surface area contributed by atoms with E-state index in [2.05, 4.69) is 5.32 Å². The van der Waals surface area contributed by atoms with E-state index in [1.165, 1.54) is 4.90 Å². The number of nitrogens with zero attached hydrogens (tertiary/aromatic N) is 2. The second kappa shape index (κ2) is 7.09. The first-order valence-electron chi connectivity index (χ1n) is 6.54. The summed E-state index contributed by atoms with van der Waals surface area (Å²) in [6, 6.07) is -0.125. The van der Waals surface area contributed by atoms with Crippen molar-refractivity contribution in [1.29, 1.82) is 0 Å². The number of nitrogens with one attached hydrogen (secondary N) is 1. The minimum atomic E-state index is -1.39. The number of nitrogens with two attached hydrogens (primary N) is 1. The Morgan fingerprint density at radius 1 is 1.45 bits per heavy atom. The van der Waals surface area contributed by atoms with Crippen molar-refractivity contribution in [3.63, 3.8) is 0 Å². The van der Waals surface area contributed by atoms with Crippen molar-refractivity contribution in [3.05, 3.63) is 0 Å². The van der Waals surface area contributed by atoms with Crippen LogP contribution in [-0.2, 0) is 9.59 Å². The topological polar surface area (TPSA) is 116 Å². The van der Waals surface area contributed by atoms with Gasteiger partial charge in [0.05, 0.1) is 12.5 Å². The van der Waals surface area contributed by atoms with Crippen LogP contribution in [0.15, 0.2) is 0 Å². The fraction of sp³-hybridized carbons (Fsp3) is 0.750. The van der Waals surface area contributed by atoms with Gasteiger partial charge in [-0.25, -0.2) is 4.79 Å². The summed E-state index contributed by atoms with van der Waals surface area (Å²) in [5.41, 5.74) is 4.90. The number of hydrogen-bond acceptors (Lipinski definition) is 4. The molecule has 4 N–H and O–H groups in total. The molecule has 4 amide bonds. The van der Waals surface area contributed by atoms with Gasteiger partial charge in [0, 0.05) is 27.2 Å². The molecule has 2 unspecified atom stereocenters. The summed E-state index contributed by atoms with van der Waals surface area (Å²) in [5, 5.41) is 11.7. The minimum Gasteiger partial charge on any atom is -0.381 e. The molecule has 8 nitrogen and oxygen atoms in total. The maximum Gasteiger partial charge on any atom is 0.319 e. The molecule has 0 bridgehead atoms. The third kappa shape index (κ3) is 4.37. The molecule has 1 heterocycles. The Morgan fingerprint density at radius 3 is 2.65 bits per heavy atom. The molecule has 1 aliphatic heterocycles. The maximum absolute atomic E-state index is 11.9. The Kier molecular flexibility index (Phi) is 5.75. The van der Waals surface area contributed by atoms with Crippen molar-refractivity contribution in [2.24, 2.45) is 11.7 Å². The fourth-order valence-corrected chi connectivity index (χ4v) is 2.09. The lowest BCUT2D eigenvalue weighted by molar-refractivity contribution is -0.129. The van der Waals surface area contributed by atoms with Gasteiger partial charge in [-0.05, 0) is 12.8 Å². The smallest absolute Gasteiger partial charge is 0.319 e. The Hall–Kier alpha value is -1.83. The van der Waals surface area contributed by atoms with Crippen molar-refractivity contribution in [2.45, 2.75) is 18.9 Å². The van der Waals surface area contributed by atoms with Gasteiger partial charge in [-0.1, -0.05) is 0 Å². The highest BCUT2D eigenvalue weighted by molar-refractivity contribution is 5.83. The molecule has 0 aromatic carbocycles. The molecule has 1 rings (SSSR count). The van der Waals surface area contributed by atoms with Crippen molar-refractivity contribution in [3.8, 4) is 0 Å². The number of aliphatic hydroxyl groups is 1. The predicted molar refractivity (Wildman–Crippen MR) is 71.6 cm³/mol. The first kappa shape index (κ1) is 16.2. The second-order valence-corrected chi connectivity index (χ2v) is 5.13. The average molecular weight is 286 g/mol. The van der Waals surface area contributed by atoms with Gasteiger partial charge in [-0.2, -0.15) is 0 Å². The van der Waals surface area contributed by atoms with Crippen LogP contribution >= 0.6 is 0 Å². The zero-order valence-electron chi connectivity index (χ0n) is 11.8. The van der Waals surface area contributed by atoms with Crippen LogP contribution in [0.2, 0.25) is 0 Å². The summed E-state index contributed by atoms with van der Waals surface area (Å²) in [5.74, 6) is -1.48. The number of aliphatic hydroxyl groups excluding tert-OH is 1. The molecule has 2 atom stereocenters. The number of primary amides is 1. The van der Waals surface area contributed by atoms with Crippen molar-refractivity contribution >= 4 is 17.8 Å². The second-order valence-electron chi connectivity index (χ2n) is 5.13. The normalized spacial score (nSPS) is 20.1. The lowest BCUT2D eigenvalue weighted by atomic mass is 9.97. The summed E-state index contributed by atoms with van der Waals surface area (Å²) in [6.07, 6.45) is 0.0354. The van der Waals surface area contributed by atoms with E-state index >= 15 is 0 Å². The van der Waals surface area contributed by atoms with Crippen LogP contribution in [0.1, 0.15) is 12.8 Å². The van der Waals surface area contributed by atoms with Crippen molar-refractivity contribution < 1.29 is 19.5 Å². The molecule has 0 spiro atoms. The lowest BCUT2D eigenvalue weighted by Crippen LogP contribution is -2.49. The molecular formula is C12H22N4O4. The number of amides is 4. The number of piperidine rings is 1. The molecule has 114 valence electrons. The summed E-state index contributed by atoms with van der Waals surface area (Å²) in [7, 11) is 3.32. The Morgan fingerprint density at radius 2 is 2.10 bits per heavy atom. The van der Waals surface area contributed by atoms with E-state index in [-0.39, 0.29) is 24.4 Å². The molecular weight excluding hydrogens is 264 g/mol. The van der Waals surface area contributed by atoms with E-state index in [1.54, 1.807) is 19.0 Å². The van der Waals surface area contributed by atoms with E-state index in [0.717, 1.165) is 6.42 Å². The average Bonchev–Trinajstić information content (AvgIpc) is 2.43. The molecule has 0 aliphatic carbocycles. The number of carbonyl (C=O) groups is 3. The zero-order chi connectivity index (χ0) is 15.3. The van der Waals surface area contributed by atoms with Crippen LogP contribution in [-0.4, -0.2) is 72.6 Å². The van der Waals surface area contributed by atoms with Crippen LogP contribution in [0.25, 0.3) is 0 Å². The number of carbonyl (C=O) groups excluding carboxylic acids is 3. The Labute approximate surface area is 117 Å². The third-order valence-electron chi connectivity index (χ3n) is 3.24. The van der Waals surface area contributed by atoms with Gasteiger partial charge < -0.3 is 26.0 Å². The largest absolute Gasteiger partial charge is 0.381 e. The van der Waals surface area contributed by atoms with Gasteiger partial charge in [0.15, 0.2) is 0 Å². The first-order valence-corrected chi connectivity index (χ1v) is 6.54. The van der Waals surface area contributed by atoms with Gasteiger partial charge in [-0.3, -0.25) is 9.59 Å². The third-order valence-corrected chi connectivity index (χ3v) is 3.24. The standard InChI is InChI=1S/C12H22N4O4/c1-15(2)12(20)16-5-3-4-8(7-16)11(19)14-6-9(17)10(13)18/h8-9,17H,3-7H2,1-2H3,(H2,13,18)(H,14,19). The van der Waals surface area contributed by atoms with Crippen LogP contribution in [0.5, 0.6) is 0 Å². The quantitative estimate of drug-likeness (QED) is 0.573. The first-order chi connectivity index (χ1) is 9.32. The number of rotatable bonds is 4. The van der Waals surface area contributed by atoms with Gasteiger partial charge in [0.25, 0.3) is 0 Å². The van der Waals surface area contributed by atoms with Gasteiger partial charge in [-0.15, -0.1) is 0 Å². The minimum absolute atomic E-state index is 0.125. The van der Waals surface area contributed by atoms with Crippen molar-refractivity contribution in [1.82, 2.24) is 15.1 Å². The molecule has 0 saturated carbocycles. The van der Waals surface area contributed by atoms with Crippen molar-refractivity contribution in [2.75, 3.05) is 33.7 Å². The Bertz CT molecular complexity index is 386. The number of hydrogen-bond donors (Lipinski definition) is 3. The SMILES string of the molecule is CN(C)C(=O)N1CCCC(C(=O)NCC(O)C(N)=O)C1. The lowest BCUT2D eigenvalue weighted by Gasteiger charge is -2.33. The summed E-state index contributed by atoms with van der Waals surface area (Å²) in [6.45, 7) is 0.770.